The summed E-state index contributed by atoms with van der Waals surface area (Å²) in [6.45, 7) is 8.27. The van der Waals surface area contributed by atoms with Gasteiger partial charge in [0, 0.05) is 0 Å². The maximum Gasteiger partial charge on any atom is 0.508 e. The van der Waals surface area contributed by atoms with Gasteiger partial charge in [0.15, 0.2) is 0 Å². The van der Waals surface area contributed by atoms with E-state index in [0.717, 1.165) is 6.42 Å². The van der Waals surface area contributed by atoms with Gasteiger partial charge in [0.05, 0.1) is 12.0 Å². The zero-order chi connectivity index (χ0) is 13.8. The third-order valence-corrected chi connectivity index (χ3v) is 3.49. The fourth-order valence-corrected chi connectivity index (χ4v) is 1.49. The SMILES string of the molecule is CCC(C)(C)C(=O)OCCC(C)C1COC(=O)O1. The number of carbonyl (C=O) groups excluding carboxylic acids is 2. The number of cyclic esters (lactones) is 2. The van der Waals surface area contributed by atoms with Crippen LogP contribution in [-0.2, 0) is 19.0 Å². The molecule has 1 heterocycles. The molecule has 0 spiro atoms. The van der Waals surface area contributed by atoms with Gasteiger partial charge in [-0.05, 0) is 32.6 Å². The Morgan fingerprint density at radius 2 is 2.22 bits per heavy atom. The molecule has 2 unspecified atom stereocenters. The van der Waals surface area contributed by atoms with Crippen LogP contribution < -0.4 is 0 Å². The summed E-state index contributed by atoms with van der Waals surface area (Å²) >= 11 is 0. The summed E-state index contributed by atoms with van der Waals surface area (Å²) in [5, 5.41) is 0. The summed E-state index contributed by atoms with van der Waals surface area (Å²) in [5.41, 5.74) is -0.438. The first-order valence-electron chi connectivity index (χ1n) is 6.37. The average Bonchev–Trinajstić information content (AvgIpc) is 2.75. The van der Waals surface area contributed by atoms with Crippen LogP contribution in [0.3, 0.4) is 0 Å². The highest BCUT2D eigenvalue weighted by Crippen LogP contribution is 2.23. The molecule has 1 fully saturated rings. The van der Waals surface area contributed by atoms with E-state index in [-0.39, 0.29) is 24.6 Å². The smallest absolute Gasteiger partial charge is 0.465 e. The van der Waals surface area contributed by atoms with Crippen LogP contribution in [0.1, 0.15) is 40.5 Å². The molecule has 0 bridgehead atoms. The fourth-order valence-electron chi connectivity index (χ4n) is 1.49. The van der Waals surface area contributed by atoms with E-state index >= 15 is 0 Å². The summed E-state index contributed by atoms with van der Waals surface area (Å²) in [6, 6.07) is 0. The number of hydrogen-bond acceptors (Lipinski definition) is 5. The second kappa shape index (κ2) is 6.07. The third kappa shape index (κ3) is 3.89. The van der Waals surface area contributed by atoms with Crippen LogP contribution in [0.2, 0.25) is 0 Å². The lowest BCUT2D eigenvalue weighted by molar-refractivity contribution is -0.154. The van der Waals surface area contributed by atoms with E-state index in [2.05, 4.69) is 0 Å². The van der Waals surface area contributed by atoms with E-state index in [1.165, 1.54) is 0 Å². The molecular weight excluding hydrogens is 236 g/mol. The molecule has 104 valence electrons. The highest BCUT2D eigenvalue weighted by atomic mass is 16.8. The predicted molar refractivity (Wildman–Crippen MR) is 65.0 cm³/mol. The maximum absolute atomic E-state index is 11.7. The van der Waals surface area contributed by atoms with Crippen molar-refractivity contribution in [3.8, 4) is 0 Å². The van der Waals surface area contributed by atoms with Gasteiger partial charge in [0.2, 0.25) is 0 Å². The minimum Gasteiger partial charge on any atom is -0.465 e. The van der Waals surface area contributed by atoms with Crippen molar-refractivity contribution in [1.29, 1.82) is 0 Å². The number of rotatable bonds is 6. The lowest BCUT2D eigenvalue weighted by atomic mass is 9.91. The topological polar surface area (TPSA) is 61.8 Å². The quantitative estimate of drug-likeness (QED) is 0.685. The van der Waals surface area contributed by atoms with Crippen LogP contribution in [-0.4, -0.2) is 31.4 Å². The van der Waals surface area contributed by atoms with Gasteiger partial charge < -0.3 is 14.2 Å². The van der Waals surface area contributed by atoms with Crippen LogP contribution in [0.5, 0.6) is 0 Å². The summed E-state index contributed by atoms with van der Waals surface area (Å²) < 4.78 is 14.9. The molecule has 1 rings (SSSR count). The van der Waals surface area contributed by atoms with Crippen molar-refractivity contribution < 1.29 is 23.8 Å². The zero-order valence-electron chi connectivity index (χ0n) is 11.5. The van der Waals surface area contributed by atoms with Gasteiger partial charge >= 0.3 is 12.1 Å². The van der Waals surface area contributed by atoms with Gasteiger partial charge in [-0.1, -0.05) is 13.8 Å². The Kier molecular flexibility index (Phi) is 4.99. The molecule has 1 aliphatic heterocycles. The first-order valence-corrected chi connectivity index (χ1v) is 6.37. The maximum atomic E-state index is 11.7. The van der Waals surface area contributed by atoms with Gasteiger partial charge in [-0.2, -0.15) is 0 Å². The molecular formula is C13H22O5. The number of carbonyl (C=O) groups is 2. The second-order valence-electron chi connectivity index (χ2n) is 5.36. The highest BCUT2D eigenvalue weighted by Gasteiger charge is 2.31. The largest absolute Gasteiger partial charge is 0.508 e. The Morgan fingerprint density at radius 1 is 1.56 bits per heavy atom. The molecule has 0 aliphatic carbocycles. The molecule has 5 nitrogen and oxygen atoms in total. The third-order valence-electron chi connectivity index (χ3n) is 3.49. The van der Waals surface area contributed by atoms with Crippen LogP contribution in [0, 0.1) is 11.3 Å². The number of esters is 1. The van der Waals surface area contributed by atoms with Gasteiger partial charge in [0.25, 0.3) is 0 Å². The molecule has 18 heavy (non-hydrogen) atoms. The van der Waals surface area contributed by atoms with Crippen molar-refractivity contribution in [2.45, 2.75) is 46.6 Å². The van der Waals surface area contributed by atoms with Gasteiger partial charge in [0.1, 0.15) is 12.7 Å². The van der Waals surface area contributed by atoms with Crippen LogP contribution in [0.15, 0.2) is 0 Å². The van der Waals surface area contributed by atoms with Crippen LogP contribution in [0.25, 0.3) is 0 Å². The number of hydrogen-bond donors (Lipinski definition) is 0. The molecule has 1 saturated heterocycles. The Morgan fingerprint density at radius 3 is 2.72 bits per heavy atom. The lowest BCUT2D eigenvalue weighted by Gasteiger charge is -2.21. The molecule has 0 amide bonds. The first kappa shape index (κ1) is 14.8. The lowest BCUT2D eigenvalue weighted by Crippen LogP contribution is -2.28. The molecule has 5 heteroatoms. The molecule has 1 aliphatic rings. The molecule has 0 aromatic carbocycles. The van der Waals surface area contributed by atoms with Crippen molar-refractivity contribution in [3.05, 3.63) is 0 Å². The van der Waals surface area contributed by atoms with Crippen molar-refractivity contribution in [1.82, 2.24) is 0 Å². The van der Waals surface area contributed by atoms with Gasteiger partial charge in [-0.3, -0.25) is 4.79 Å². The summed E-state index contributed by atoms with van der Waals surface area (Å²) in [7, 11) is 0. The number of ether oxygens (including phenoxy) is 3. The van der Waals surface area contributed by atoms with Gasteiger partial charge in [-0.15, -0.1) is 0 Å². The molecule has 0 N–H and O–H groups in total. The molecule has 0 aromatic heterocycles. The monoisotopic (exact) mass is 258 g/mol. The van der Waals surface area contributed by atoms with E-state index in [1.807, 2.05) is 27.7 Å². The van der Waals surface area contributed by atoms with E-state index in [1.54, 1.807) is 0 Å². The Balaban J connectivity index is 2.25. The molecule has 2 atom stereocenters. The summed E-state index contributed by atoms with van der Waals surface area (Å²) in [5.74, 6) is -0.0640. The predicted octanol–water partition coefficient (Wildman–Crippen LogP) is 2.53. The van der Waals surface area contributed by atoms with E-state index < -0.39 is 11.6 Å². The van der Waals surface area contributed by atoms with E-state index in [9.17, 15) is 9.59 Å². The van der Waals surface area contributed by atoms with E-state index in [4.69, 9.17) is 14.2 Å². The van der Waals surface area contributed by atoms with Crippen molar-refractivity contribution in [2.24, 2.45) is 11.3 Å². The normalized spacial score (nSPS) is 21.1. The van der Waals surface area contributed by atoms with E-state index in [0.29, 0.717) is 13.0 Å². The first-order chi connectivity index (χ1) is 8.36. The summed E-state index contributed by atoms with van der Waals surface area (Å²) in [6.07, 6.45) is 0.564. The Bertz CT molecular complexity index is 311. The zero-order valence-corrected chi connectivity index (χ0v) is 11.5. The van der Waals surface area contributed by atoms with Gasteiger partial charge in [-0.25, -0.2) is 4.79 Å². The minimum atomic E-state index is -0.615. The standard InChI is InChI=1S/C13H22O5/c1-5-13(3,4)11(14)16-7-6-9(2)10-8-17-12(15)18-10/h9-10H,5-8H2,1-4H3. The highest BCUT2D eigenvalue weighted by molar-refractivity contribution is 5.75. The molecule has 0 saturated carbocycles. The van der Waals surface area contributed by atoms with Crippen LogP contribution in [0.4, 0.5) is 4.79 Å². The average molecular weight is 258 g/mol. The molecule has 0 radical (unpaired) electrons. The van der Waals surface area contributed by atoms with Crippen LogP contribution >= 0.6 is 0 Å². The summed E-state index contributed by atoms with van der Waals surface area (Å²) in [4.78, 5) is 22.5. The fraction of sp³-hybridized carbons (Fsp3) is 0.846. The molecule has 0 aromatic rings. The Labute approximate surface area is 108 Å². The minimum absolute atomic E-state index is 0.119. The Hall–Kier alpha value is -1.26. The van der Waals surface area contributed by atoms with Crippen molar-refractivity contribution in [2.75, 3.05) is 13.2 Å². The second-order valence-corrected chi connectivity index (χ2v) is 5.36. The van der Waals surface area contributed by atoms with Crippen molar-refractivity contribution >= 4 is 12.1 Å². The van der Waals surface area contributed by atoms with Crippen molar-refractivity contribution in [3.63, 3.8) is 0 Å².